The van der Waals surface area contributed by atoms with Gasteiger partial charge in [-0.3, -0.25) is 9.69 Å². The Morgan fingerprint density at radius 1 is 1.63 bits per heavy atom. The summed E-state index contributed by atoms with van der Waals surface area (Å²) in [5.41, 5.74) is 6.02. The van der Waals surface area contributed by atoms with E-state index in [-0.39, 0.29) is 0 Å². The number of nitriles is 1. The highest BCUT2D eigenvalue weighted by molar-refractivity contribution is 6.31. The number of halogens is 1. The van der Waals surface area contributed by atoms with E-state index in [1.165, 1.54) is 0 Å². The van der Waals surface area contributed by atoms with Crippen LogP contribution in [0.25, 0.3) is 0 Å². The van der Waals surface area contributed by atoms with Gasteiger partial charge in [-0.05, 0) is 24.1 Å². The van der Waals surface area contributed by atoms with Crippen molar-refractivity contribution >= 4 is 17.6 Å². The van der Waals surface area contributed by atoms with E-state index in [9.17, 15) is 4.79 Å². The zero-order chi connectivity index (χ0) is 14.0. The summed E-state index contributed by atoms with van der Waals surface area (Å²) in [5, 5.41) is 18.3. The average Bonchev–Trinajstić information content (AvgIpc) is 2.75. The number of rotatable bonds is 3. The Morgan fingerprint density at radius 2 is 2.37 bits per heavy atom. The number of nitrogens with two attached hydrogens (primary N) is 1. The minimum Gasteiger partial charge on any atom is -0.480 e. The van der Waals surface area contributed by atoms with E-state index < -0.39 is 11.5 Å². The standard InChI is InChI=1S/C13H14ClN3O2/c14-11-5-9(6-15)1-2-10(11)7-17-4-3-13(16,8-17)12(18)19/h1-2,5H,3-4,7-8,16H2,(H,18,19). The highest BCUT2D eigenvalue weighted by Gasteiger charge is 2.41. The van der Waals surface area contributed by atoms with Gasteiger partial charge in [0.1, 0.15) is 5.54 Å². The van der Waals surface area contributed by atoms with E-state index in [2.05, 4.69) is 0 Å². The molecule has 6 heteroatoms. The van der Waals surface area contributed by atoms with Crippen molar-refractivity contribution in [1.82, 2.24) is 4.90 Å². The molecule has 1 aliphatic heterocycles. The van der Waals surface area contributed by atoms with Crippen molar-refractivity contribution in [3.63, 3.8) is 0 Å². The van der Waals surface area contributed by atoms with Crippen molar-refractivity contribution in [2.75, 3.05) is 13.1 Å². The van der Waals surface area contributed by atoms with Crippen molar-refractivity contribution in [2.45, 2.75) is 18.5 Å². The van der Waals surface area contributed by atoms with Crippen LogP contribution in [-0.4, -0.2) is 34.6 Å². The molecule has 5 nitrogen and oxygen atoms in total. The largest absolute Gasteiger partial charge is 0.480 e. The third-order valence-electron chi connectivity index (χ3n) is 3.38. The van der Waals surface area contributed by atoms with Gasteiger partial charge in [0, 0.05) is 24.7 Å². The van der Waals surface area contributed by atoms with Crippen molar-refractivity contribution < 1.29 is 9.90 Å². The van der Waals surface area contributed by atoms with Gasteiger partial charge < -0.3 is 10.8 Å². The molecule has 2 rings (SSSR count). The van der Waals surface area contributed by atoms with Crippen LogP contribution in [0.1, 0.15) is 17.5 Å². The summed E-state index contributed by atoms with van der Waals surface area (Å²) in [6.07, 6.45) is 0.427. The third-order valence-corrected chi connectivity index (χ3v) is 3.73. The third kappa shape index (κ3) is 2.87. The molecule has 1 atom stereocenters. The van der Waals surface area contributed by atoms with Crippen LogP contribution in [0.2, 0.25) is 5.02 Å². The number of likely N-dealkylation sites (tertiary alicyclic amines) is 1. The van der Waals surface area contributed by atoms with E-state index in [1.807, 2.05) is 11.0 Å². The molecular weight excluding hydrogens is 266 g/mol. The second-order valence-corrected chi connectivity index (χ2v) is 5.25. The number of carboxylic acid groups (broad SMARTS) is 1. The Hall–Kier alpha value is -1.61. The molecule has 0 saturated carbocycles. The molecule has 100 valence electrons. The van der Waals surface area contributed by atoms with Crippen LogP contribution in [0.3, 0.4) is 0 Å². The monoisotopic (exact) mass is 279 g/mol. The quantitative estimate of drug-likeness (QED) is 0.868. The molecule has 1 saturated heterocycles. The van der Waals surface area contributed by atoms with Gasteiger partial charge in [0.2, 0.25) is 0 Å². The van der Waals surface area contributed by atoms with Gasteiger partial charge in [0.25, 0.3) is 0 Å². The maximum Gasteiger partial charge on any atom is 0.325 e. The molecule has 0 aliphatic carbocycles. The number of benzene rings is 1. The molecule has 1 unspecified atom stereocenters. The second kappa shape index (κ2) is 5.17. The van der Waals surface area contributed by atoms with Crippen molar-refractivity contribution in [1.29, 1.82) is 5.26 Å². The maximum atomic E-state index is 11.1. The highest BCUT2D eigenvalue weighted by atomic mass is 35.5. The molecule has 1 aromatic carbocycles. The first-order valence-corrected chi connectivity index (χ1v) is 6.25. The Morgan fingerprint density at radius 3 is 2.89 bits per heavy atom. The lowest BCUT2D eigenvalue weighted by molar-refractivity contribution is -0.142. The second-order valence-electron chi connectivity index (χ2n) is 4.84. The average molecular weight is 280 g/mol. The summed E-state index contributed by atoms with van der Waals surface area (Å²) in [6.45, 7) is 1.47. The Kier molecular flexibility index (Phi) is 3.76. The summed E-state index contributed by atoms with van der Waals surface area (Å²) in [6, 6.07) is 7.12. The van der Waals surface area contributed by atoms with E-state index in [0.29, 0.717) is 36.6 Å². The summed E-state index contributed by atoms with van der Waals surface area (Å²) in [7, 11) is 0. The molecule has 1 fully saturated rings. The van der Waals surface area contributed by atoms with Gasteiger partial charge in [0.15, 0.2) is 0 Å². The number of aliphatic carboxylic acids is 1. The predicted molar refractivity (Wildman–Crippen MR) is 70.6 cm³/mol. The first-order valence-electron chi connectivity index (χ1n) is 5.88. The minimum absolute atomic E-state index is 0.304. The van der Waals surface area contributed by atoms with Crippen LogP contribution in [0.15, 0.2) is 18.2 Å². The molecule has 0 bridgehead atoms. The van der Waals surface area contributed by atoms with Gasteiger partial charge in [0.05, 0.1) is 11.6 Å². The fourth-order valence-electron chi connectivity index (χ4n) is 2.21. The Labute approximate surface area is 116 Å². The molecule has 0 aromatic heterocycles. The van der Waals surface area contributed by atoms with Crippen LogP contribution in [-0.2, 0) is 11.3 Å². The van der Waals surface area contributed by atoms with Gasteiger partial charge >= 0.3 is 5.97 Å². The lowest BCUT2D eigenvalue weighted by atomic mass is 10.0. The van der Waals surface area contributed by atoms with Gasteiger partial charge in [-0.15, -0.1) is 0 Å². The van der Waals surface area contributed by atoms with Gasteiger partial charge in [-0.2, -0.15) is 5.26 Å². The minimum atomic E-state index is -1.17. The summed E-state index contributed by atoms with van der Waals surface area (Å²) < 4.78 is 0. The summed E-state index contributed by atoms with van der Waals surface area (Å²) >= 11 is 6.09. The molecule has 1 aromatic rings. The maximum absolute atomic E-state index is 11.1. The first kappa shape index (κ1) is 13.8. The Bertz CT molecular complexity index is 555. The van der Waals surface area contributed by atoms with Gasteiger partial charge in [-0.25, -0.2) is 0 Å². The number of carbonyl (C=O) groups is 1. The zero-order valence-corrected chi connectivity index (χ0v) is 11.0. The fourth-order valence-corrected chi connectivity index (χ4v) is 2.45. The predicted octanol–water partition coefficient (Wildman–Crippen LogP) is 1.20. The van der Waals surface area contributed by atoms with Crippen LogP contribution < -0.4 is 5.73 Å². The first-order chi connectivity index (χ1) is 8.94. The van der Waals surface area contributed by atoms with Crippen molar-refractivity contribution in [2.24, 2.45) is 5.73 Å². The summed E-state index contributed by atoms with van der Waals surface area (Å²) in [5.74, 6) is -0.971. The van der Waals surface area contributed by atoms with Crippen molar-refractivity contribution in [3.8, 4) is 6.07 Å². The molecule has 3 N–H and O–H groups in total. The van der Waals surface area contributed by atoms with Crippen LogP contribution in [0, 0.1) is 11.3 Å². The smallest absolute Gasteiger partial charge is 0.325 e. The fraction of sp³-hybridized carbons (Fsp3) is 0.385. The normalized spacial score (nSPS) is 23.2. The van der Waals surface area contributed by atoms with Crippen molar-refractivity contribution in [3.05, 3.63) is 34.3 Å². The lowest BCUT2D eigenvalue weighted by Crippen LogP contribution is -2.50. The number of carboxylic acids is 1. The Balaban J connectivity index is 2.08. The SMILES string of the molecule is N#Cc1ccc(CN2CCC(N)(C(=O)O)C2)c(Cl)c1. The lowest BCUT2D eigenvalue weighted by Gasteiger charge is -2.20. The zero-order valence-electron chi connectivity index (χ0n) is 10.3. The van der Waals surface area contributed by atoms with Gasteiger partial charge in [-0.1, -0.05) is 17.7 Å². The number of nitrogens with zero attached hydrogens (tertiary/aromatic N) is 2. The molecule has 0 spiro atoms. The molecule has 1 aliphatic rings. The molecule has 0 amide bonds. The van der Waals surface area contributed by atoms with E-state index in [1.54, 1.807) is 18.2 Å². The highest BCUT2D eigenvalue weighted by Crippen LogP contribution is 2.24. The van der Waals surface area contributed by atoms with E-state index >= 15 is 0 Å². The van der Waals surface area contributed by atoms with E-state index in [4.69, 9.17) is 27.7 Å². The molecule has 1 heterocycles. The number of hydrogen-bond donors (Lipinski definition) is 2. The van der Waals surface area contributed by atoms with Crippen LogP contribution in [0.5, 0.6) is 0 Å². The topological polar surface area (TPSA) is 90.4 Å². The molecular formula is C13H14ClN3O2. The van der Waals surface area contributed by atoms with Crippen LogP contribution in [0.4, 0.5) is 0 Å². The number of hydrogen-bond acceptors (Lipinski definition) is 4. The van der Waals surface area contributed by atoms with E-state index in [0.717, 1.165) is 5.56 Å². The van der Waals surface area contributed by atoms with Crippen LogP contribution >= 0.6 is 11.6 Å². The summed E-state index contributed by atoms with van der Waals surface area (Å²) in [4.78, 5) is 13.0. The molecule has 19 heavy (non-hydrogen) atoms. The molecule has 0 radical (unpaired) electrons.